The summed E-state index contributed by atoms with van der Waals surface area (Å²) in [5, 5.41) is 8.79. The lowest BCUT2D eigenvalue weighted by molar-refractivity contribution is -0.265. The van der Waals surface area contributed by atoms with Crippen LogP contribution in [0.25, 0.3) is 0 Å². The smallest absolute Gasteiger partial charge is 0.165 e. The Morgan fingerprint density at radius 3 is 2.42 bits per heavy atom. The van der Waals surface area contributed by atoms with E-state index in [1.54, 1.807) is 0 Å². The van der Waals surface area contributed by atoms with Crippen molar-refractivity contribution in [1.82, 2.24) is 0 Å². The van der Waals surface area contributed by atoms with Gasteiger partial charge in [0.1, 0.15) is 0 Å². The van der Waals surface area contributed by atoms with Gasteiger partial charge in [0, 0.05) is 12.3 Å². The minimum atomic E-state index is -0.418. The molecule has 0 spiro atoms. The number of unbranched alkanes of at least 4 members (excludes halogenated alkanes) is 1. The van der Waals surface area contributed by atoms with E-state index in [2.05, 4.69) is 13.0 Å². The Hall–Kier alpha value is -1.37. The van der Waals surface area contributed by atoms with Crippen molar-refractivity contribution >= 4 is 0 Å². The van der Waals surface area contributed by atoms with Crippen LogP contribution in [0.1, 0.15) is 50.2 Å². The van der Waals surface area contributed by atoms with Gasteiger partial charge in [0.25, 0.3) is 0 Å². The first-order valence-electron chi connectivity index (χ1n) is 6.95. The number of hydrogen-bond acceptors (Lipinski definition) is 3. The summed E-state index contributed by atoms with van der Waals surface area (Å²) < 4.78 is 11.8. The first kappa shape index (κ1) is 14.0. The number of benzene rings is 1. The van der Waals surface area contributed by atoms with E-state index in [4.69, 9.17) is 14.7 Å². The molecule has 1 aliphatic heterocycles. The van der Waals surface area contributed by atoms with Gasteiger partial charge >= 0.3 is 0 Å². The van der Waals surface area contributed by atoms with Crippen LogP contribution in [0.15, 0.2) is 24.3 Å². The molecule has 3 heteroatoms. The first-order valence-corrected chi connectivity index (χ1v) is 6.95. The van der Waals surface area contributed by atoms with E-state index in [0.717, 1.165) is 19.3 Å². The molecule has 1 aromatic rings. The monoisotopic (exact) mass is 259 g/mol. The first-order chi connectivity index (χ1) is 9.17. The van der Waals surface area contributed by atoms with Crippen LogP contribution in [0.4, 0.5) is 0 Å². The van der Waals surface area contributed by atoms with Gasteiger partial charge in [-0.2, -0.15) is 5.26 Å². The summed E-state index contributed by atoms with van der Waals surface area (Å²) in [6, 6.07) is 9.81. The fraction of sp³-hybridized carbons (Fsp3) is 0.562. The predicted molar refractivity (Wildman–Crippen MR) is 73.7 cm³/mol. The van der Waals surface area contributed by atoms with Crippen LogP contribution in [0.2, 0.25) is 0 Å². The zero-order valence-electron chi connectivity index (χ0n) is 11.7. The van der Waals surface area contributed by atoms with Gasteiger partial charge in [-0.15, -0.1) is 0 Å². The molecule has 1 aliphatic rings. The fourth-order valence-electron chi connectivity index (χ4n) is 2.31. The van der Waals surface area contributed by atoms with E-state index in [0.29, 0.717) is 18.8 Å². The Bertz CT molecular complexity index is 439. The SMILES string of the molecule is CCCCC1(C)OCC(c2ccc(C#N)cc2)CO1. The molecule has 0 amide bonds. The average Bonchev–Trinajstić information content (AvgIpc) is 2.46. The Labute approximate surface area is 115 Å². The summed E-state index contributed by atoms with van der Waals surface area (Å²) in [5.41, 5.74) is 1.87. The molecule has 1 aromatic carbocycles. The zero-order valence-corrected chi connectivity index (χ0v) is 11.7. The van der Waals surface area contributed by atoms with Crippen molar-refractivity contribution in [3.05, 3.63) is 35.4 Å². The van der Waals surface area contributed by atoms with Crippen LogP contribution in [0, 0.1) is 11.3 Å². The Morgan fingerprint density at radius 1 is 1.26 bits per heavy atom. The van der Waals surface area contributed by atoms with Crippen LogP contribution in [-0.4, -0.2) is 19.0 Å². The quantitative estimate of drug-likeness (QED) is 0.829. The summed E-state index contributed by atoms with van der Waals surface area (Å²) >= 11 is 0. The maximum atomic E-state index is 8.79. The van der Waals surface area contributed by atoms with E-state index in [9.17, 15) is 0 Å². The molecule has 2 rings (SSSR count). The normalized spacial score (nSPS) is 26.9. The van der Waals surface area contributed by atoms with Gasteiger partial charge in [0.05, 0.1) is 24.8 Å². The topological polar surface area (TPSA) is 42.2 Å². The molecule has 1 heterocycles. The molecule has 0 N–H and O–H groups in total. The van der Waals surface area contributed by atoms with Gasteiger partial charge in [-0.05, 0) is 31.0 Å². The molecule has 0 unspecified atom stereocenters. The van der Waals surface area contributed by atoms with Crippen LogP contribution in [0.3, 0.4) is 0 Å². The van der Waals surface area contributed by atoms with Gasteiger partial charge in [-0.25, -0.2) is 0 Å². The number of nitrogens with zero attached hydrogens (tertiary/aromatic N) is 1. The molecule has 1 saturated heterocycles. The molecule has 0 atom stereocenters. The van der Waals surface area contributed by atoms with Gasteiger partial charge in [-0.3, -0.25) is 0 Å². The summed E-state index contributed by atoms with van der Waals surface area (Å²) in [4.78, 5) is 0. The highest BCUT2D eigenvalue weighted by Gasteiger charge is 2.32. The summed E-state index contributed by atoms with van der Waals surface area (Å²) in [5.74, 6) is -0.151. The lowest BCUT2D eigenvalue weighted by atomic mass is 9.98. The third-order valence-electron chi connectivity index (χ3n) is 3.68. The van der Waals surface area contributed by atoms with Crippen molar-refractivity contribution in [1.29, 1.82) is 5.26 Å². The highest BCUT2D eigenvalue weighted by atomic mass is 16.7. The lowest BCUT2D eigenvalue weighted by Gasteiger charge is -2.38. The summed E-state index contributed by atoms with van der Waals surface area (Å²) in [7, 11) is 0. The molecule has 102 valence electrons. The van der Waals surface area contributed by atoms with Crippen molar-refractivity contribution in [3.63, 3.8) is 0 Å². The summed E-state index contributed by atoms with van der Waals surface area (Å²) in [6.07, 6.45) is 3.23. The third kappa shape index (κ3) is 3.56. The fourth-order valence-corrected chi connectivity index (χ4v) is 2.31. The second-order valence-electron chi connectivity index (χ2n) is 5.29. The Balaban J connectivity index is 1.93. The highest BCUT2D eigenvalue weighted by Crippen LogP contribution is 2.31. The number of ether oxygens (including phenoxy) is 2. The Kier molecular flexibility index (Phi) is 4.57. The van der Waals surface area contributed by atoms with Gasteiger partial charge < -0.3 is 9.47 Å². The second-order valence-corrected chi connectivity index (χ2v) is 5.29. The van der Waals surface area contributed by atoms with Gasteiger partial charge in [-0.1, -0.05) is 25.5 Å². The lowest BCUT2D eigenvalue weighted by Crippen LogP contribution is -2.40. The zero-order chi connectivity index (χ0) is 13.7. The molecular formula is C16H21NO2. The number of hydrogen-bond donors (Lipinski definition) is 0. The molecule has 19 heavy (non-hydrogen) atoms. The van der Waals surface area contributed by atoms with Crippen LogP contribution < -0.4 is 0 Å². The van der Waals surface area contributed by atoms with E-state index in [1.165, 1.54) is 5.56 Å². The summed E-state index contributed by atoms with van der Waals surface area (Å²) in [6.45, 7) is 5.57. The molecule has 0 saturated carbocycles. The van der Waals surface area contributed by atoms with Crippen molar-refractivity contribution in [2.45, 2.75) is 44.8 Å². The van der Waals surface area contributed by atoms with Crippen molar-refractivity contribution < 1.29 is 9.47 Å². The molecule has 0 radical (unpaired) electrons. The van der Waals surface area contributed by atoms with Crippen LogP contribution in [0.5, 0.6) is 0 Å². The van der Waals surface area contributed by atoms with Crippen molar-refractivity contribution in [2.75, 3.05) is 13.2 Å². The molecule has 1 fully saturated rings. The van der Waals surface area contributed by atoms with Crippen molar-refractivity contribution in [2.24, 2.45) is 0 Å². The van der Waals surface area contributed by atoms with Crippen molar-refractivity contribution in [3.8, 4) is 6.07 Å². The number of nitriles is 1. The van der Waals surface area contributed by atoms with Gasteiger partial charge in [0.15, 0.2) is 5.79 Å². The standard InChI is InChI=1S/C16H21NO2/c1-3-4-9-16(2)18-11-15(12-19-16)14-7-5-13(10-17)6-8-14/h5-8,15H,3-4,9,11-12H2,1-2H3. The number of rotatable bonds is 4. The molecular weight excluding hydrogens is 238 g/mol. The van der Waals surface area contributed by atoms with E-state index >= 15 is 0 Å². The predicted octanol–water partition coefficient (Wildman–Crippen LogP) is 3.60. The van der Waals surface area contributed by atoms with Crippen LogP contribution >= 0.6 is 0 Å². The minimum absolute atomic E-state index is 0.266. The van der Waals surface area contributed by atoms with Crippen LogP contribution in [-0.2, 0) is 9.47 Å². The Morgan fingerprint density at radius 2 is 1.89 bits per heavy atom. The molecule has 0 bridgehead atoms. The van der Waals surface area contributed by atoms with E-state index < -0.39 is 5.79 Å². The second kappa shape index (κ2) is 6.18. The molecule has 3 nitrogen and oxygen atoms in total. The average molecular weight is 259 g/mol. The third-order valence-corrected chi connectivity index (χ3v) is 3.68. The minimum Gasteiger partial charge on any atom is -0.350 e. The van der Waals surface area contributed by atoms with E-state index in [-0.39, 0.29) is 5.92 Å². The molecule has 0 aromatic heterocycles. The highest BCUT2D eigenvalue weighted by molar-refractivity contribution is 5.33. The maximum Gasteiger partial charge on any atom is 0.165 e. The maximum absolute atomic E-state index is 8.79. The van der Waals surface area contributed by atoms with E-state index in [1.807, 2.05) is 31.2 Å². The van der Waals surface area contributed by atoms with Gasteiger partial charge in [0.2, 0.25) is 0 Å². The largest absolute Gasteiger partial charge is 0.350 e. The molecule has 0 aliphatic carbocycles.